The summed E-state index contributed by atoms with van der Waals surface area (Å²) in [6, 6.07) is 0. The highest BCUT2D eigenvalue weighted by Crippen LogP contribution is 2.28. The van der Waals surface area contributed by atoms with Crippen LogP contribution in [-0.4, -0.2) is 56.9 Å². The highest BCUT2D eigenvalue weighted by Gasteiger charge is 2.23. The van der Waals surface area contributed by atoms with Gasteiger partial charge in [0.2, 0.25) is 0 Å². The second kappa shape index (κ2) is 8.36. The first-order chi connectivity index (χ1) is 11.5. The molecule has 0 saturated heterocycles. The van der Waals surface area contributed by atoms with E-state index >= 15 is 0 Å². The Balaban J connectivity index is 2.45. The van der Waals surface area contributed by atoms with Crippen molar-refractivity contribution in [1.29, 1.82) is 0 Å². The summed E-state index contributed by atoms with van der Waals surface area (Å²) in [6.45, 7) is 4.33. The Morgan fingerprint density at radius 2 is 2.00 bits per heavy atom. The first kappa shape index (κ1) is 18.6. The Morgan fingerprint density at radius 1 is 1.33 bits per heavy atom. The molecule has 0 bridgehead atoms. The van der Waals surface area contributed by atoms with Crippen LogP contribution in [0.5, 0.6) is 0 Å². The van der Waals surface area contributed by atoms with Gasteiger partial charge in [-0.1, -0.05) is 13.3 Å². The van der Waals surface area contributed by atoms with E-state index in [0.717, 1.165) is 12.8 Å². The SMILES string of the molecule is CCCCn1cnc2sc(C(=O)N(CCO)CCO)c(C)c2c1=O. The van der Waals surface area contributed by atoms with Crippen LogP contribution in [0.1, 0.15) is 35.0 Å². The molecule has 0 aliphatic rings. The van der Waals surface area contributed by atoms with Gasteiger partial charge in [-0.25, -0.2) is 4.98 Å². The third kappa shape index (κ3) is 3.66. The van der Waals surface area contributed by atoms with Gasteiger partial charge in [0, 0.05) is 19.6 Å². The summed E-state index contributed by atoms with van der Waals surface area (Å²) >= 11 is 1.18. The van der Waals surface area contributed by atoms with E-state index in [0.29, 0.717) is 27.2 Å². The van der Waals surface area contributed by atoms with Gasteiger partial charge in [-0.15, -0.1) is 11.3 Å². The van der Waals surface area contributed by atoms with Gasteiger partial charge >= 0.3 is 0 Å². The molecule has 2 heterocycles. The molecule has 7 nitrogen and oxygen atoms in total. The van der Waals surface area contributed by atoms with Gasteiger partial charge < -0.3 is 15.1 Å². The Morgan fingerprint density at radius 3 is 2.58 bits per heavy atom. The standard InChI is InChI=1S/C16H23N3O4S/c1-3-4-5-19-10-17-14-12(15(19)22)11(2)13(24-14)16(23)18(6-8-20)7-9-21/h10,20-21H,3-9H2,1-2H3. The molecule has 2 aromatic rings. The lowest BCUT2D eigenvalue weighted by Crippen LogP contribution is -2.35. The van der Waals surface area contributed by atoms with Crippen LogP contribution in [-0.2, 0) is 6.54 Å². The second-order valence-corrected chi connectivity index (χ2v) is 6.57. The van der Waals surface area contributed by atoms with Crippen molar-refractivity contribution in [3.05, 3.63) is 27.1 Å². The van der Waals surface area contributed by atoms with Gasteiger partial charge in [0.25, 0.3) is 11.5 Å². The van der Waals surface area contributed by atoms with Crippen molar-refractivity contribution in [3.8, 4) is 0 Å². The fraction of sp³-hybridized carbons (Fsp3) is 0.562. The van der Waals surface area contributed by atoms with Gasteiger partial charge in [0.15, 0.2) is 0 Å². The van der Waals surface area contributed by atoms with Crippen molar-refractivity contribution in [3.63, 3.8) is 0 Å². The highest BCUT2D eigenvalue weighted by atomic mass is 32.1. The maximum Gasteiger partial charge on any atom is 0.264 e. The van der Waals surface area contributed by atoms with Crippen LogP contribution in [0.4, 0.5) is 0 Å². The summed E-state index contributed by atoms with van der Waals surface area (Å²) < 4.78 is 1.58. The number of hydrogen-bond acceptors (Lipinski definition) is 6. The first-order valence-corrected chi connectivity index (χ1v) is 8.86. The lowest BCUT2D eigenvalue weighted by atomic mass is 10.2. The van der Waals surface area contributed by atoms with Crippen LogP contribution >= 0.6 is 11.3 Å². The van der Waals surface area contributed by atoms with E-state index in [1.807, 2.05) is 0 Å². The van der Waals surface area contributed by atoms with Gasteiger partial charge in [-0.3, -0.25) is 14.2 Å². The zero-order chi connectivity index (χ0) is 17.7. The fourth-order valence-electron chi connectivity index (χ4n) is 2.55. The van der Waals surface area contributed by atoms with Crippen LogP contribution < -0.4 is 5.56 Å². The van der Waals surface area contributed by atoms with Crippen LogP contribution in [0.25, 0.3) is 10.2 Å². The molecule has 0 unspecified atom stereocenters. The number of aromatic nitrogens is 2. The fourth-order valence-corrected chi connectivity index (χ4v) is 3.66. The number of amides is 1. The molecule has 0 aliphatic heterocycles. The Bertz CT molecular complexity index is 763. The number of fused-ring (bicyclic) bond motifs is 1. The molecule has 24 heavy (non-hydrogen) atoms. The minimum atomic E-state index is -0.293. The molecule has 0 radical (unpaired) electrons. The van der Waals surface area contributed by atoms with Crippen LogP contribution in [0.3, 0.4) is 0 Å². The largest absolute Gasteiger partial charge is 0.395 e. The predicted octanol–water partition coefficient (Wildman–Crippen LogP) is 0.993. The van der Waals surface area contributed by atoms with Crippen LogP contribution in [0.2, 0.25) is 0 Å². The lowest BCUT2D eigenvalue weighted by Gasteiger charge is -2.20. The van der Waals surface area contributed by atoms with E-state index in [1.54, 1.807) is 11.5 Å². The molecule has 0 aliphatic carbocycles. The average Bonchev–Trinajstić information content (AvgIpc) is 2.91. The van der Waals surface area contributed by atoms with E-state index in [9.17, 15) is 9.59 Å². The number of carbonyl (C=O) groups is 1. The van der Waals surface area contributed by atoms with Gasteiger partial charge in [0.05, 0.1) is 29.8 Å². The number of hydrogen-bond donors (Lipinski definition) is 2. The number of carbonyl (C=O) groups excluding carboxylic acids is 1. The van der Waals surface area contributed by atoms with Crippen molar-refractivity contribution in [2.45, 2.75) is 33.2 Å². The summed E-state index contributed by atoms with van der Waals surface area (Å²) in [5.74, 6) is -0.293. The monoisotopic (exact) mass is 353 g/mol. The maximum atomic E-state index is 12.7. The van der Waals surface area contributed by atoms with Crippen LogP contribution in [0, 0.1) is 6.92 Å². The zero-order valence-corrected chi connectivity index (χ0v) is 14.8. The highest BCUT2D eigenvalue weighted by molar-refractivity contribution is 7.20. The summed E-state index contributed by atoms with van der Waals surface area (Å²) in [5.41, 5.74) is 0.487. The molecule has 1 amide bonds. The topological polar surface area (TPSA) is 95.7 Å². The average molecular weight is 353 g/mol. The molecular weight excluding hydrogens is 330 g/mol. The zero-order valence-electron chi connectivity index (χ0n) is 14.0. The minimum Gasteiger partial charge on any atom is -0.395 e. The first-order valence-electron chi connectivity index (χ1n) is 8.04. The molecule has 2 aromatic heterocycles. The quantitative estimate of drug-likeness (QED) is 0.738. The summed E-state index contributed by atoms with van der Waals surface area (Å²) in [4.78, 5) is 32.0. The molecule has 0 spiro atoms. The number of thiophene rings is 1. The Labute approximate surface area is 144 Å². The summed E-state index contributed by atoms with van der Waals surface area (Å²) in [6.07, 6.45) is 3.40. The molecule has 8 heteroatoms. The van der Waals surface area contributed by atoms with Crippen molar-refractivity contribution in [2.75, 3.05) is 26.3 Å². The number of aliphatic hydroxyl groups excluding tert-OH is 2. The number of unbranched alkanes of at least 4 members (excludes halogenated alkanes) is 1. The molecule has 132 valence electrons. The smallest absolute Gasteiger partial charge is 0.264 e. The van der Waals surface area contributed by atoms with Crippen molar-refractivity contribution in [1.82, 2.24) is 14.5 Å². The summed E-state index contributed by atoms with van der Waals surface area (Å²) in [7, 11) is 0. The Hall–Kier alpha value is -1.77. The van der Waals surface area contributed by atoms with E-state index in [1.165, 1.54) is 22.6 Å². The van der Waals surface area contributed by atoms with E-state index in [4.69, 9.17) is 10.2 Å². The number of aryl methyl sites for hydroxylation is 2. The van der Waals surface area contributed by atoms with Crippen molar-refractivity contribution in [2.24, 2.45) is 0 Å². The van der Waals surface area contributed by atoms with E-state index in [2.05, 4.69) is 11.9 Å². The molecule has 0 saturated carbocycles. The van der Waals surface area contributed by atoms with Gasteiger partial charge in [-0.05, 0) is 18.9 Å². The molecule has 0 atom stereocenters. The third-order valence-corrected chi connectivity index (χ3v) is 5.08. The number of nitrogens with zero attached hydrogens (tertiary/aromatic N) is 3. The molecule has 2 N–H and O–H groups in total. The lowest BCUT2D eigenvalue weighted by molar-refractivity contribution is 0.0689. The van der Waals surface area contributed by atoms with Gasteiger partial charge in [0.1, 0.15) is 4.83 Å². The molecule has 2 rings (SSSR count). The number of aliphatic hydroxyl groups is 2. The van der Waals surface area contributed by atoms with Crippen molar-refractivity contribution < 1.29 is 15.0 Å². The normalized spacial score (nSPS) is 11.2. The maximum absolute atomic E-state index is 12.7. The van der Waals surface area contributed by atoms with E-state index < -0.39 is 0 Å². The Kier molecular flexibility index (Phi) is 6.47. The molecule has 0 fully saturated rings. The minimum absolute atomic E-state index is 0.128. The predicted molar refractivity (Wildman–Crippen MR) is 93.6 cm³/mol. The third-order valence-electron chi connectivity index (χ3n) is 3.89. The molecular formula is C16H23N3O4S. The van der Waals surface area contributed by atoms with Gasteiger partial charge in [-0.2, -0.15) is 0 Å². The van der Waals surface area contributed by atoms with Crippen LogP contribution in [0.15, 0.2) is 11.1 Å². The molecule has 0 aromatic carbocycles. The van der Waals surface area contributed by atoms with Crippen molar-refractivity contribution >= 4 is 27.5 Å². The summed E-state index contributed by atoms with van der Waals surface area (Å²) in [5, 5.41) is 18.7. The second-order valence-electron chi connectivity index (χ2n) is 5.57. The number of rotatable bonds is 8. The van der Waals surface area contributed by atoms with E-state index in [-0.39, 0.29) is 37.8 Å².